The van der Waals surface area contributed by atoms with E-state index in [1.54, 1.807) is 30.3 Å². The molecule has 0 aliphatic carbocycles. The van der Waals surface area contributed by atoms with E-state index in [2.05, 4.69) is 4.90 Å². The molecule has 1 amide bonds. The van der Waals surface area contributed by atoms with Crippen LogP contribution in [0.3, 0.4) is 0 Å². The van der Waals surface area contributed by atoms with Gasteiger partial charge in [-0.3, -0.25) is 15.2 Å². The number of ether oxygens (including phenoxy) is 2. The van der Waals surface area contributed by atoms with Crippen LogP contribution in [0.25, 0.3) is 0 Å². The largest absolute Gasteiger partial charge is 0.488 e. The minimum absolute atomic E-state index is 0.0213. The van der Waals surface area contributed by atoms with Gasteiger partial charge in [0.25, 0.3) is 0 Å². The molecule has 1 atom stereocenters. The average Bonchev–Trinajstić information content (AvgIpc) is 3.14. The van der Waals surface area contributed by atoms with Crippen LogP contribution in [0, 0.1) is 5.41 Å². The molecule has 32 heavy (non-hydrogen) atoms. The van der Waals surface area contributed by atoms with Crippen molar-refractivity contribution >= 4 is 40.8 Å². The Morgan fingerprint density at radius 1 is 1.16 bits per heavy atom. The van der Waals surface area contributed by atoms with Crippen molar-refractivity contribution in [3.63, 3.8) is 0 Å². The van der Waals surface area contributed by atoms with E-state index in [0.717, 1.165) is 18.7 Å². The minimum atomic E-state index is -0.440. The van der Waals surface area contributed by atoms with Gasteiger partial charge in [0.2, 0.25) is 0 Å². The Morgan fingerprint density at radius 2 is 1.88 bits per heavy atom. The van der Waals surface area contributed by atoms with Gasteiger partial charge in [0, 0.05) is 28.4 Å². The summed E-state index contributed by atoms with van der Waals surface area (Å²) in [5, 5.41) is 8.51. The smallest absolute Gasteiger partial charge is 0.414 e. The molecule has 170 valence electrons. The molecule has 7 nitrogen and oxygen atoms in total. The number of anilines is 1. The molecule has 2 fully saturated rings. The molecule has 2 saturated heterocycles. The van der Waals surface area contributed by atoms with Gasteiger partial charge < -0.3 is 15.2 Å². The van der Waals surface area contributed by atoms with Crippen molar-refractivity contribution < 1.29 is 14.3 Å². The average molecular weight is 477 g/mol. The fraction of sp³-hybridized carbons (Fsp3) is 0.391. The lowest BCUT2D eigenvalue weighted by atomic mass is 10.1. The standard InChI is InChI=1S/C23H26Cl2N4O3/c24-17-10-16(12-28-8-2-1-3-9-28)21(20(25)11-17)31-14-19-13-29(23(30)32-19)18-6-4-15(5-7-18)22(26)27/h4-7,10-11,19H,1-3,8-9,12-14H2,(H3,26,27). The van der Waals surface area contributed by atoms with Gasteiger partial charge in [-0.25, -0.2) is 4.79 Å². The number of nitrogens with two attached hydrogens (primary N) is 1. The van der Waals surface area contributed by atoms with Crippen molar-refractivity contribution in [2.75, 3.05) is 31.1 Å². The first kappa shape index (κ1) is 22.7. The quantitative estimate of drug-likeness (QED) is 0.447. The molecule has 0 aromatic heterocycles. The molecular weight excluding hydrogens is 451 g/mol. The molecule has 2 aromatic carbocycles. The van der Waals surface area contributed by atoms with Crippen molar-refractivity contribution in [2.24, 2.45) is 5.73 Å². The Hall–Kier alpha value is -2.48. The van der Waals surface area contributed by atoms with Crippen LogP contribution in [0.15, 0.2) is 36.4 Å². The number of amides is 1. The van der Waals surface area contributed by atoms with E-state index < -0.39 is 12.2 Å². The SMILES string of the molecule is N=C(N)c1ccc(N2CC(COc3c(Cl)cc(Cl)cc3CN3CCCCC3)OC2=O)cc1. The van der Waals surface area contributed by atoms with Crippen molar-refractivity contribution in [3.8, 4) is 5.75 Å². The third-order valence-corrected chi connectivity index (χ3v) is 6.20. The van der Waals surface area contributed by atoms with Gasteiger partial charge in [-0.2, -0.15) is 0 Å². The molecule has 2 aliphatic rings. The second kappa shape index (κ2) is 9.98. The number of carbonyl (C=O) groups excluding carboxylic acids is 1. The highest BCUT2D eigenvalue weighted by molar-refractivity contribution is 6.35. The zero-order valence-electron chi connectivity index (χ0n) is 17.7. The number of rotatable bonds is 7. The molecular formula is C23H26Cl2N4O3. The first-order valence-corrected chi connectivity index (χ1v) is 11.4. The molecule has 2 aromatic rings. The third kappa shape index (κ3) is 5.28. The summed E-state index contributed by atoms with van der Waals surface area (Å²) in [6, 6.07) is 10.5. The van der Waals surface area contributed by atoms with Gasteiger partial charge in [-0.05, 0) is 62.3 Å². The van der Waals surface area contributed by atoms with Gasteiger partial charge in [-0.1, -0.05) is 29.6 Å². The molecule has 4 rings (SSSR count). The Bertz CT molecular complexity index is 993. The molecule has 3 N–H and O–H groups in total. The van der Waals surface area contributed by atoms with Crippen LogP contribution in [0.5, 0.6) is 5.75 Å². The minimum Gasteiger partial charge on any atom is -0.488 e. The van der Waals surface area contributed by atoms with Crippen molar-refractivity contribution in [1.29, 1.82) is 5.41 Å². The van der Waals surface area contributed by atoms with E-state index in [4.69, 9.17) is 43.8 Å². The maximum Gasteiger partial charge on any atom is 0.414 e. The van der Waals surface area contributed by atoms with Crippen molar-refractivity contribution in [3.05, 3.63) is 57.6 Å². The Balaban J connectivity index is 1.42. The summed E-state index contributed by atoms with van der Waals surface area (Å²) in [6.45, 7) is 3.34. The first-order chi connectivity index (χ1) is 15.4. The highest BCUT2D eigenvalue weighted by Gasteiger charge is 2.33. The van der Waals surface area contributed by atoms with Crippen LogP contribution in [-0.2, 0) is 11.3 Å². The summed E-state index contributed by atoms with van der Waals surface area (Å²) >= 11 is 12.7. The first-order valence-electron chi connectivity index (χ1n) is 10.7. The van der Waals surface area contributed by atoms with E-state index in [9.17, 15) is 4.79 Å². The number of halogens is 2. The predicted molar refractivity (Wildman–Crippen MR) is 126 cm³/mol. The summed E-state index contributed by atoms with van der Waals surface area (Å²) in [6.07, 6.45) is 2.75. The summed E-state index contributed by atoms with van der Waals surface area (Å²) in [7, 11) is 0. The second-order valence-corrected chi connectivity index (χ2v) is 8.94. The Labute approximate surface area is 197 Å². The van der Waals surface area contributed by atoms with Crippen LogP contribution in [0.4, 0.5) is 10.5 Å². The zero-order valence-corrected chi connectivity index (χ0v) is 19.2. The van der Waals surface area contributed by atoms with Crippen LogP contribution in [-0.4, -0.2) is 49.2 Å². The molecule has 0 radical (unpaired) electrons. The summed E-state index contributed by atoms with van der Waals surface area (Å²) in [5.74, 6) is 0.564. The number of hydrogen-bond donors (Lipinski definition) is 2. The molecule has 1 unspecified atom stereocenters. The Morgan fingerprint density at radius 3 is 2.56 bits per heavy atom. The van der Waals surface area contributed by atoms with Gasteiger partial charge in [0.05, 0.1) is 11.6 Å². The van der Waals surface area contributed by atoms with E-state index in [1.165, 1.54) is 24.2 Å². The Kier molecular flexibility index (Phi) is 7.08. The van der Waals surface area contributed by atoms with Gasteiger partial charge in [0.15, 0.2) is 6.10 Å². The molecule has 0 saturated carbocycles. The monoisotopic (exact) mass is 476 g/mol. The molecule has 2 heterocycles. The summed E-state index contributed by atoms with van der Waals surface area (Å²) < 4.78 is 11.6. The number of benzene rings is 2. The number of nitrogens with zero attached hydrogens (tertiary/aromatic N) is 2. The van der Waals surface area contributed by atoms with Gasteiger partial charge in [0.1, 0.15) is 18.2 Å². The van der Waals surface area contributed by atoms with Gasteiger partial charge >= 0.3 is 6.09 Å². The van der Waals surface area contributed by atoms with E-state index >= 15 is 0 Å². The number of cyclic esters (lactones) is 1. The molecule has 9 heteroatoms. The third-order valence-electron chi connectivity index (χ3n) is 5.71. The van der Waals surface area contributed by atoms with E-state index in [1.807, 2.05) is 6.07 Å². The van der Waals surface area contributed by atoms with Gasteiger partial charge in [-0.15, -0.1) is 0 Å². The summed E-state index contributed by atoms with van der Waals surface area (Å²) in [5.41, 5.74) is 7.70. The maximum atomic E-state index is 12.4. The van der Waals surface area contributed by atoms with E-state index in [0.29, 0.717) is 40.1 Å². The van der Waals surface area contributed by atoms with Crippen LogP contribution in [0.2, 0.25) is 10.0 Å². The molecule has 2 aliphatic heterocycles. The highest BCUT2D eigenvalue weighted by atomic mass is 35.5. The number of likely N-dealkylation sites (tertiary alicyclic amines) is 1. The lowest BCUT2D eigenvalue weighted by molar-refractivity contribution is 0.104. The topological polar surface area (TPSA) is 91.9 Å². The van der Waals surface area contributed by atoms with Crippen molar-refractivity contribution in [1.82, 2.24) is 4.90 Å². The number of piperidine rings is 1. The number of nitrogens with one attached hydrogen (secondary N) is 1. The number of carbonyl (C=O) groups is 1. The highest BCUT2D eigenvalue weighted by Crippen LogP contribution is 2.34. The lowest BCUT2D eigenvalue weighted by Gasteiger charge is -2.27. The van der Waals surface area contributed by atoms with Crippen LogP contribution < -0.4 is 15.4 Å². The number of hydrogen-bond acceptors (Lipinski definition) is 5. The normalized spacial score (nSPS) is 19.1. The number of amidine groups is 1. The molecule has 0 spiro atoms. The van der Waals surface area contributed by atoms with E-state index in [-0.39, 0.29) is 12.4 Å². The predicted octanol–water partition coefficient (Wildman–Crippen LogP) is 4.67. The fourth-order valence-corrected chi connectivity index (χ4v) is 4.66. The fourth-order valence-electron chi connectivity index (χ4n) is 4.07. The lowest BCUT2D eigenvalue weighted by Crippen LogP contribution is -2.29. The second-order valence-electron chi connectivity index (χ2n) is 8.10. The van der Waals surface area contributed by atoms with Crippen LogP contribution in [0.1, 0.15) is 30.4 Å². The molecule has 0 bridgehead atoms. The van der Waals surface area contributed by atoms with Crippen LogP contribution >= 0.6 is 23.2 Å². The summed E-state index contributed by atoms with van der Waals surface area (Å²) in [4.78, 5) is 16.3. The number of nitrogen functional groups attached to an aromatic ring is 1. The van der Waals surface area contributed by atoms with Crippen molar-refractivity contribution in [2.45, 2.75) is 31.9 Å². The maximum absolute atomic E-state index is 12.4. The zero-order chi connectivity index (χ0) is 22.7.